The third kappa shape index (κ3) is 3.29. The average Bonchev–Trinajstić information content (AvgIpc) is 3.16. The van der Waals surface area contributed by atoms with Crippen LogP contribution in [0.4, 0.5) is 0 Å². The minimum absolute atomic E-state index is 0.206. The van der Waals surface area contributed by atoms with Gasteiger partial charge in [0.1, 0.15) is 0 Å². The molecule has 3 rings (SSSR count). The number of thiophene rings is 1. The molecule has 0 fully saturated rings. The molecule has 0 atom stereocenters. The zero-order valence-corrected chi connectivity index (χ0v) is 12.2. The van der Waals surface area contributed by atoms with Gasteiger partial charge in [0.05, 0.1) is 16.3 Å². The number of thioether (sulfide) groups is 1. The van der Waals surface area contributed by atoms with Gasteiger partial charge in [0.2, 0.25) is 11.7 Å². The van der Waals surface area contributed by atoms with E-state index in [1.807, 2.05) is 16.8 Å². The second-order valence-electron chi connectivity index (χ2n) is 4.00. The molecular weight excluding hydrogens is 310 g/mol. The van der Waals surface area contributed by atoms with Crippen molar-refractivity contribution in [1.29, 1.82) is 0 Å². The number of carboxylic acid groups (broad SMARTS) is 1. The zero-order chi connectivity index (χ0) is 14.7. The Balaban J connectivity index is 1.68. The second kappa shape index (κ2) is 6.06. The van der Waals surface area contributed by atoms with E-state index >= 15 is 0 Å². The van der Waals surface area contributed by atoms with Gasteiger partial charge in [-0.15, -0.1) is 0 Å². The Morgan fingerprint density at radius 2 is 2.33 bits per heavy atom. The van der Waals surface area contributed by atoms with Crippen molar-refractivity contribution in [3.8, 4) is 11.4 Å². The van der Waals surface area contributed by atoms with E-state index < -0.39 is 5.97 Å². The number of carboxylic acids is 1. The van der Waals surface area contributed by atoms with Gasteiger partial charge in [-0.2, -0.15) is 16.3 Å². The molecule has 0 amide bonds. The van der Waals surface area contributed by atoms with Crippen molar-refractivity contribution >= 4 is 29.1 Å². The Morgan fingerprint density at radius 1 is 1.43 bits per heavy atom. The second-order valence-corrected chi connectivity index (χ2v) is 5.78. The van der Waals surface area contributed by atoms with Crippen LogP contribution in [0.15, 0.2) is 44.7 Å². The summed E-state index contributed by atoms with van der Waals surface area (Å²) in [5.41, 5.74) is 1.13. The molecule has 0 saturated carbocycles. The maximum absolute atomic E-state index is 10.9. The minimum Gasteiger partial charge on any atom is -0.478 e. The molecule has 21 heavy (non-hydrogen) atoms. The first-order valence-corrected chi connectivity index (χ1v) is 7.82. The van der Waals surface area contributed by atoms with Crippen LogP contribution in [0.25, 0.3) is 11.4 Å². The van der Waals surface area contributed by atoms with Gasteiger partial charge in [0.25, 0.3) is 0 Å². The Labute approximate surface area is 127 Å². The minimum atomic E-state index is -0.975. The molecule has 106 valence electrons. The van der Waals surface area contributed by atoms with E-state index in [0.29, 0.717) is 22.5 Å². The monoisotopic (exact) mass is 319 g/mol. The van der Waals surface area contributed by atoms with Crippen molar-refractivity contribution in [1.82, 2.24) is 15.1 Å². The number of hydrogen-bond acceptors (Lipinski definition) is 7. The lowest BCUT2D eigenvalue weighted by Crippen LogP contribution is -1.96. The molecule has 3 aromatic rings. The van der Waals surface area contributed by atoms with E-state index in [0.717, 1.165) is 5.56 Å². The zero-order valence-electron chi connectivity index (χ0n) is 10.6. The number of aromatic carboxylic acids is 1. The summed E-state index contributed by atoms with van der Waals surface area (Å²) in [6.07, 6.45) is 1.47. The lowest BCUT2D eigenvalue weighted by Gasteiger charge is -1.98. The van der Waals surface area contributed by atoms with Crippen LogP contribution in [0.1, 0.15) is 16.2 Å². The van der Waals surface area contributed by atoms with Crippen LogP contribution in [-0.4, -0.2) is 26.2 Å². The Bertz CT molecular complexity index is 756. The lowest BCUT2D eigenvalue weighted by atomic mass is 10.3. The first-order valence-electron chi connectivity index (χ1n) is 5.89. The van der Waals surface area contributed by atoms with Crippen molar-refractivity contribution in [2.45, 2.75) is 10.8 Å². The molecule has 8 heteroatoms. The summed E-state index contributed by atoms with van der Waals surface area (Å²) in [5.74, 6) is 0.493. The van der Waals surface area contributed by atoms with Gasteiger partial charge in [0, 0.05) is 17.1 Å². The molecule has 3 aromatic heterocycles. The van der Waals surface area contributed by atoms with Crippen LogP contribution >= 0.6 is 23.1 Å². The highest BCUT2D eigenvalue weighted by Crippen LogP contribution is 2.23. The highest BCUT2D eigenvalue weighted by molar-refractivity contribution is 7.98. The third-order valence-corrected chi connectivity index (χ3v) is 4.17. The van der Waals surface area contributed by atoms with E-state index in [-0.39, 0.29) is 5.56 Å². The molecule has 0 aliphatic heterocycles. The third-order valence-electron chi connectivity index (χ3n) is 2.57. The molecule has 0 bridgehead atoms. The first kappa shape index (κ1) is 13.8. The predicted molar refractivity (Wildman–Crippen MR) is 78.4 cm³/mol. The summed E-state index contributed by atoms with van der Waals surface area (Å²) in [4.78, 5) is 19.3. The Hall–Kier alpha value is -2.19. The highest BCUT2D eigenvalue weighted by Gasteiger charge is 2.10. The van der Waals surface area contributed by atoms with Crippen LogP contribution in [-0.2, 0) is 5.75 Å². The molecule has 0 aromatic carbocycles. The van der Waals surface area contributed by atoms with Crippen LogP contribution in [0.3, 0.4) is 0 Å². The largest absolute Gasteiger partial charge is 0.478 e. The molecule has 0 aliphatic rings. The van der Waals surface area contributed by atoms with Gasteiger partial charge in [0.15, 0.2) is 0 Å². The SMILES string of the molecule is O=C(O)c1ccnc(SCc2nc(-c3ccsc3)no2)c1. The molecule has 3 heterocycles. The summed E-state index contributed by atoms with van der Waals surface area (Å²) in [7, 11) is 0. The smallest absolute Gasteiger partial charge is 0.335 e. The van der Waals surface area contributed by atoms with Crippen LogP contribution in [0.2, 0.25) is 0 Å². The Kier molecular flexibility index (Phi) is 3.98. The number of hydrogen-bond donors (Lipinski definition) is 1. The van der Waals surface area contributed by atoms with E-state index in [9.17, 15) is 4.79 Å². The fourth-order valence-electron chi connectivity index (χ4n) is 1.58. The van der Waals surface area contributed by atoms with Gasteiger partial charge in [-0.05, 0) is 23.6 Å². The fourth-order valence-corrected chi connectivity index (χ4v) is 2.95. The van der Waals surface area contributed by atoms with E-state index in [1.54, 1.807) is 11.3 Å². The molecular formula is C13H9N3O3S2. The quantitative estimate of drug-likeness (QED) is 0.722. The van der Waals surface area contributed by atoms with Crippen molar-refractivity contribution in [3.63, 3.8) is 0 Å². The maximum Gasteiger partial charge on any atom is 0.335 e. The van der Waals surface area contributed by atoms with Crippen molar-refractivity contribution in [2.24, 2.45) is 0 Å². The van der Waals surface area contributed by atoms with Crippen molar-refractivity contribution < 1.29 is 14.4 Å². The molecule has 0 spiro atoms. The summed E-state index contributed by atoms with van der Waals surface area (Å²) in [6, 6.07) is 4.89. The van der Waals surface area contributed by atoms with Gasteiger partial charge < -0.3 is 9.63 Å². The number of pyridine rings is 1. The predicted octanol–water partition coefficient (Wildman–Crippen LogP) is 3.18. The van der Waals surface area contributed by atoms with E-state index in [1.165, 1.54) is 30.1 Å². The molecule has 0 unspecified atom stereocenters. The fraction of sp³-hybridized carbons (Fsp3) is 0.0769. The van der Waals surface area contributed by atoms with Gasteiger partial charge >= 0.3 is 5.97 Å². The highest BCUT2D eigenvalue weighted by atomic mass is 32.2. The Morgan fingerprint density at radius 3 is 3.10 bits per heavy atom. The van der Waals surface area contributed by atoms with Crippen molar-refractivity contribution in [2.75, 3.05) is 0 Å². The maximum atomic E-state index is 10.9. The summed E-state index contributed by atoms with van der Waals surface area (Å²) in [5, 5.41) is 17.3. The molecule has 0 radical (unpaired) electrons. The summed E-state index contributed by atoms with van der Waals surface area (Å²) < 4.78 is 5.17. The molecule has 1 N–H and O–H groups in total. The topological polar surface area (TPSA) is 89.1 Å². The van der Waals surface area contributed by atoms with Gasteiger partial charge in [-0.3, -0.25) is 0 Å². The van der Waals surface area contributed by atoms with Gasteiger partial charge in [-0.1, -0.05) is 16.9 Å². The summed E-state index contributed by atoms with van der Waals surface area (Å²) >= 11 is 2.91. The molecule has 0 saturated heterocycles. The summed E-state index contributed by atoms with van der Waals surface area (Å²) in [6.45, 7) is 0. The average molecular weight is 319 g/mol. The first-order chi connectivity index (χ1) is 10.2. The molecule has 6 nitrogen and oxygen atoms in total. The number of carbonyl (C=O) groups is 1. The van der Waals surface area contributed by atoms with Crippen LogP contribution < -0.4 is 0 Å². The van der Waals surface area contributed by atoms with E-state index in [4.69, 9.17) is 9.63 Å². The standard InChI is InChI=1S/C13H9N3O3S2/c17-13(18)8-1-3-14-11(5-8)21-7-10-15-12(16-19-10)9-2-4-20-6-9/h1-6H,7H2,(H,17,18). The normalized spacial score (nSPS) is 10.7. The number of aromatic nitrogens is 3. The van der Waals surface area contributed by atoms with Crippen LogP contribution in [0, 0.1) is 0 Å². The van der Waals surface area contributed by atoms with Gasteiger partial charge in [-0.25, -0.2) is 9.78 Å². The van der Waals surface area contributed by atoms with E-state index in [2.05, 4.69) is 15.1 Å². The van der Waals surface area contributed by atoms with Crippen molar-refractivity contribution in [3.05, 3.63) is 46.6 Å². The van der Waals surface area contributed by atoms with Crippen LogP contribution in [0.5, 0.6) is 0 Å². The number of nitrogens with zero attached hydrogens (tertiary/aromatic N) is 3. The molecule has 0 aliphatic carbocycles. The number of rotatable bonds is 5. The lowest BCUT2D eigenvalue weighted by molar-refractivity contribution is 0.0696.